The first-order valence-electron chi connectivity index (χ1n) is 7.81. The van der Waals surface area contributed by atoms with Crippen LogP contribution in [-0.2, 0) is 4.79 Å². The van der Waals surface area contributed by atoms with Gasteiger partial charge in [0.15, 0.2) is 0 Å². The predicted octanol–water partition coefficient (Wildman–Crippen LogP) is 3.70. The maximum absolute atomic E-state index is 11.1. The molecule has 0 aliphatic rings. The highest BCUT2D eigenvalue weighted by Crippen LogP contribution is 2.19. The van der Waals surface area contributed by atoms with Gasteiger partial charge in [0.05, 0.1) is 0 Å². The van der Waals surface area contributed by atoms with E-state index in [9.17, 15) is 4.79 Å². The minimum atomic E-state index is -0.101. The number of amides is 1. The van der Waals surface area contributed by atoms with Crippen LogP contribution in [0.3, 0.4) is 0 Å². The summed E-state index contributed by atoms with van der Waals surface area (Å²) in [4.78, 5) is 20.0. The van der Waals surface area contributed by atoms with Gasteiger partial charge in [-0.25, -0.2) is 4.98 Å². The van der Waals surface area contributed by atoms with E-state index in [1.54, 1.807) is 0 Å². The molecular formula is C17H23N5O. The maximum Gasteiger partial charge on any atom is 0.229 e. The molecule has 1 aromatic carbocycles. The van der Waals surface area contributed by atoms with Crippen LogP contribution < -0.4 is 16.0 Å². The van der Waals surface area contributed by atoms with Gasteiger partial charge in [-0.05, 0) is 31.5 Å². The summed E-state index contributed by atoms with van der Waals surface area (Å²) in [5.41, 5.74) is 2.44. The summed E-state index contributed by atoms with van der Waals surface area (Å²) >= 11 is 0. The minimum Gasteiger partial charge on any atom is -0.370 e. The van der Waals surface area contributed by atoms with Crippen LogP contribution >= 0.6 is 0 Å². The Morgan fingerprint density at radius 3 is 2.70 bits per heavy atom. The zero-order valence-electron chi connectivity index (χ0n) is 13.8. The Bertz CT molecular complexity index is 672. The van der Waals surface area contributed by atoms with Gasteiger partial charge in [0.25, 0.3) is 0 Å². The lowest BCUT2D eigenvalue weighted by molar-refractivity contribution is -0.114. The number of hydrogen-bond acceptors (Lipinski definition) is 5. The zero-order chi connectivity index (χ0) is 16.7. The first-order chi connectivity index (χ1) is 11.1. The van der Waals surface area contributed by atoms with E-state index in [2.05, 4.69) is 32.8 Å². The summed E-state index contributed by atoms with van der Waals surface area (Å²) in [5.74, 6) is 1.24. The van der Waals surface area contributed by atoms with Gasteiger partial charge in [0.1, 0.15) is 5.82 Å². The molecule has 1 aromatic heterocycles. The van der Waals surface area contributed by atoms with Gasteiger partial charge in [0, 0.05) is 36.6 Å². The predicted molar refractivity (Wildman–Crippen MR) is 94.2 cm³/mol. The second kappa shape index (κ2) is 8.12. The second-order valence-electron chi connectivity index (χ2n) is 5.39. The quantitative estimate of drug-likeness (QED) is 0.679. The van der Waals surface area contributed by atoms with Gasteiger partial charge in [-0.3, -0.25) is 4.79 Å². The number of hydrogen-bond donors (Lipinski definition) is 3. The molecule has 3 N–H and O–H groups in total. The van der Waals surface area contributed by atoms with Crippen LogP contribution in [0.15, 0.2) is 30.3 Å². The van der Waals surface area contributed by atoms with Gasteiger partial charge in [-0.2, -0.15) is 4.98 Å². The molecule has 0 unspecified atom stereocenters. The fourth-order valence-electron chi connectivity index (χ4n) is 2.12. The highest BCUT2D eigenvalue weighted by molar-refractivity contribution is 5.89. The Hall–Kier alpha value is -2.63. The van der Waals surface area contributed by atoms with E-state index < -0.39 is 0 Å². The van der Waals surface area contributed by atoms with Crippen molar-refractivity contribution in [2.24, 2.45) is 0 Å². The largest absolute Gasteiger partial charge is 0.370 e. The van der Waals surface area contributed by atoms with Crippen molar-refractivity contribution in [1.82, 2.24) is 9.97 Å². The van der Waals surface area contributed by atoms with Crippen LogP contribution in [0, 0.1) is 6.92 Å². The standard InChI is InChI=1S/C17H23N5O/c1-4-5-9-18-16-10-12(2)19-17(22-16)21-15-8-6-7-14(11-15)20-13(3)23/h6-8,10-11H,4-5,9H2,1-3H3,(H,20,23)(H2,18,19,21,22). The Balaban J connectivity index is 2.11. The van der Waals surface area contributed by atoms with E-state index in [4.69, 9.17) is 0 Å². The van der Waals surface area contributed by atoms with Crippen molar-refractivity contribution in [2.45, 2.75) is 33.6 Å². The number of aromatic nitrogens is 2. The Kier molecular flexibility index (Phi) is 5.91. The van der Waals surface area contributed by atoms with Crippen LogP contribution in [0.1, 0.15) is 32.4 Å². The summed E-state index contributed by atoms with van der Waals surface area (Å²) in [6, 6.07) is 9.37. The molecule has 0 radical (unpaired) electrons. The monoisotopic (exact) mass is 313 g/mol. The van der Waals surface area contributed by atoms with E-state index in [-0.39, 0.29) is 5.91 Å². The van der Waals surface area contributed by atoms with Gasteiger partial charge < -0.3 is 16.0 Å². The summed E-state index contributed by atoms with van der Waals surface area (Å²) in [5, 5.41) is 9.23. The summed E-state index contributed by atoms with van der Waals surface area (Å²) < 4.78 is 0. The van der Waals surface area contributed by atoms with Crippen LogP contribution in [0.2, 0.25) is 0 Å². The normalized spacial score (nSPS) is 10.2. The van der Waals surface area contributed by atoms with E-state index >= 15 is 0 Å². The number of aryl methyl sites for hydroxylation is 1. The molecule has 6 nitrogen and oxygen atoms in total. The first-order valence-corrected chi connectivity index (χ1v) is 7.81. The fourth-order valence-corrected chi connectivity index (χ4v) is 2.12. The zero-order valence-corrected chi connectivity index (χ0v) is 13.8. The third-order valence-electron chi connectivity index (χ3n) is 3.13. The molecule has 2 aromatic rings. The van der Waals surface area contributed by atoms with Crippen LogP contribution in [0.5, 0.6) is 0 Å². The average molecular weight is 313 g/mol. The van der Waals surface area contributed by atoms with Crippen molar-refractivity contribution in [3.8, 4) is 0 Å². The number of nitrogens with zero attached hydrogens (tertiary/aromatic N) is 2. The second-order valence-corrected chi connectivity index (χ2v) is 5.39. The summed E-state index contributed by atoms with van der Waals surface area (Å²) in [6.45, 7) is 6.47. The maximum atomic E-state index is 11.1. The lowest BCUT2D eigenvalue weighted by Gasteiger charge is -2.10. The molecule has 23 heavy (non-hydrogen) atoms. The summed E-state index contributed by atoms with van der Waals surface area (Å²) in [6.07, 6.45) is 2.24. The first kappa shape index (κ1) is 16.7. The molecule has 1 amide bonds. The average Bonchev–Trinajstić information content (AvgIpc) is 2.46. The molecule has 6 heteroatoms. The number of anilines is 4. The van der Waals surface area contributed by atoms with Gasteiger partial charge in [-0.1, -0.05) is 19.4 Å². The lowest BCUT2D eigenvalue weighted by Crippen LogP contribution is -2.07. The molecule has 0 spiro atoms. The molecule has 0 atom stereocenters. The number of nitrogens with one attached hydrogen (secondary N) is 3. The molecular weight excluding hydrogens is 290 g/mol. The third-order valence-corrected chi connectivity index (χ3v) is 3.13. The molecule has 2 rings (SSSR count). The number of rotatable bonds is 7. The molecule has 1 heterocycles. The number of benzene rings is 1. The number of carbonyl (C=O) groups excluding carboxylic acids is 1. The molecule has 0 fully saturated rings. The lowest BCUT2D eigenvalue weighted by atomic mass is 10.2. The highest BCUT2D eigenvalue weighted by atomic mass is 16.1. The van der Waals surface area contributed by atoms with E-state index in [0.29, 0.717) is 5.95 Å². The Morgan fingerprint density at radius 2 is 1.96 bits per heavy atom. The molecule has 122 valence electrons. The minimum absolute atomic E-state index is 0.101. The Morgan fingerprint density at radius 1 is 1.17 bits per heavy atom. The third kappa shape index (κ3) is 5.58. The van der Waals surface area contributed by atoms with Crippen LogP contribution in [0.25, 0.3) is 0 Å². The van der Waals surface area contributed by atoms with Crippen molar-refractivity contribution in [3.05, 3.63) is 36.0 Å². The smallest absolute Gasteiger partial charge is 0.229 e. The van der Waals surface area contributed by atoms with Crippen molar-refractivity contribution in [1.29, 1.82) is 0 Å². The van der Waals surface area contributed by atoms with Gasteiger partial charge in [0.2, 0.25) is 11.9 Å². The summed E-state index contributed by atoms with van der Waals surface area (Å²) in [7, 11) is 0. The van der Waals surface area contributed by atoms with Crippen molar-refractivity contribution in [2.75, 3.05) is 22.5 Å². The Labute approximate surface area is 136 Å². The number of unbranched alkanes of at least 4 members (excludes halogenated alkanes) is 1. The van der Waals surface area contributed by atoms with Crippen LogP contribution in [0.4, 0.5) is 23.1 Å². The van der Waals surface area contributed by atoms with Gasteiger partial charge in [-0.15, -0.1) is 0 Å². The fraction of sp³-hybridized carbons (Fsp3) is 0.353. The molecule has 0 bridgehead atoms. The topological polar surface area (TPSA) is 78.9 Å². The molecule has 0 aliphatic heterocycles. The SMILES string of the molecule is CCCCNc1cc(C)nc(Nc2cccc(NC(C)=O)c2)n1. The molecule has 0 aliphatic carbocycles. The van der Waals surface area contributed by atoms with E-state index in [1.165, 1.54) is 6.92 Å². The van der Waals surface area contributed by atoms with Crippen molar-refractivity contribution in [3.63, 3.8) is 0 Å². The van der Waals surface area contributed by atoms with Gasteiger partial charge >= 0.3 is 0 Å². The van der Waals surface area contributed by atoms with Crippen LogP contribution in [-0.4, -0.2) is 22.4 Å². The van der Waals surface area contributed by atoms with E-state index in [1.807, 2.05) is 37.3 Å². The van der Waals surface area contributed by atoms with Crippen molar-refractivity contribution >= 4 is 29.0 Å². The molecule has 0 saturated heterocycles. The highest BCUT2D eigenvalue weighted by Gasteiger charge is 2.04. The number of carbonyl (C=O) groups is 1. The molecule has 0 saturated carbocycles. The van der Waals surface area contributed by atoms with Crippen molar-refractivity contribution < 1.29 is 4.79 Å². The van der Waals surface area contributed by atoms with E-state index in [0.717, 1.165) is 42.3 Å².